The van der Waals surface area contributed by atoms with E-state index in [0.29, 0.717) is 40.6 Å². The SMILES string of the molecule is CCCN1C(=O)[C@H]2[C@H](CC=C3[C@H]2C[C@H]2C(=O)N(Nc4ccc(Cl)cc4Cl)C(=O)[C@@]2(c2ccc(OC)cc2)[C@H]3c2cccc(OC)c2O)C1=O. The number of likely N-dealkylation sites (tertiary alicyclic amines) is 1. The van der Waals surface area contributed by atoms with Crippen molar-refractivity contribution in [2.24, 2.45) is 23.7 Å². The lowest BCUT2D eigenvalue weighted by molar-refractivity contribution is -0.141. The minimum Gasteiger partial charge on any atom is -0.504 e. The second-order valence-corrected chi connectivity index (χ2v) is 13.8. The summed E-state index contributed by atoms with van der Waals surface area (Å²) in [4.78, 5) is 59.0. The van der Waals surface area contributed by atoms with Crippen LogP contribution in [0.5, 0.6) is 17.2 Å². The maximum atomic E-state index is 15.3. The molecule has 2 heterocycles. The van der Waals surface area contributed by atoms with Crippen molar-refractivity contribution < 1.29 is 33.8 Å². The summed E-state index contributed by atoms with van der Waals surface area (Å²) in [7, 11) is 2.97. The molecule has 10 nitrogen and oxygen atoms in total. The van der Waals surface area contributed by atoms with E-state index in [1.807, 2.05) is 13.0 Å². The van der Waals surface area contributed by atoms with Gasteiger partial charge in [0.1, 0.15) is 5.75 Å². The Labute approximate surface area is 293 Å². The van der Waals surface area contributed by atoms with E-state index in [2.05, 4.69) is 5.43 Å². The molecule has 49 heavy (non-hydrogen) atoms. The summed E-state index contributed by atoms with van der Waals surface area (Å²) in [5, 5.41) is 13.3. The smallest absolute Gasteiger partial charge is 0.260 e. The number of ether oxygens (including phenoxy) is 2. The third-order valence-corrected chi connectivity index (χ3v) is 11.2. The highest BCUT2D eigenvalue weighted by molar-refractivity contribution is 6.36. The van der Waals surface area contributed by atoms with Crippen molar-refractivity contribution in [2.75, 3.05) is 26.2 Å². The number of hydrazine groups is 1. The minimum absolute atomic E-state index is 0.121. The highest BCUT2D eigenvalue weighted by atomic mass is 35.5. The zero-order valence-corrected chi connectivity index (χ0v) is 28.6. The quantitative estimate of drug-likeness (QED) is 0.213. The van der Waals surface area contributed by atoms with E-state index in [1.54, 1.807) is 54.6 Å². The van der Waals surface area contributed by atoms with E-state index in [-0.39, 0.29) is 41.2 Å². The number of phenols is 1. The molecule has 4 aliphatic rings. The number of carbonyl (C=O) groups excluding carboxylic acids is 4. The van der Waals surface area contributed by atoms with Gasteiger partial charge < -0.3 is 14.6 Å². The van der Waals surface area contributed by atoms with E-state index < -0.39 is 46.8 Å². The number of methoxy groups -OCH3 is 2. The molecule has 1 saturated carbocycles. The number of imide groups is 2. The first-order chi connectivity index (χ1) is 23.6. The average molecular weight is 705 g/mol. The molecule has 4 amide bonds. The van der Waals surface area contributed by atoms with Gasteiger partial charge in [-0.3, -0.25) is 29.5 Å². The summed E-state index contributed by atoms with van der Waals surface area (Å²) < 4.78 is 11.0. The zero-order chi connectivity index (χ0) is 34.8. The fraction of sp³-hybridized carbons (Fsp3) is 0.351. The Morgan fingerprint density at radius 2 is 1.69 bits per heavy atom. The van der Waals surface area contributed by atoms with Crippen molar-refractivity contribution in [3.05, 3.63) is 93.5 Å². The highest BCUT2D eigenvalue weighted by Gasteiger charge is 2.70. The van der Waals surface area contributed by atoms with E-state index in [4.69, 9.17) is 32.7 Å². The molecule has 0 bridgehead atoms. The van der Waals surface area contributed by atoms with Gasteiger partial charge in [0, 0.05) is 23.0 Å². The number of fused-ring (bicyclic) bond motifs is 4. The summed E-state index contributed by atoms with van der Waals surface area (Å²) >= 11 is 12.7. The first kappa shape index (κ1) is 33.0. The van der Waals surface area contributed by atoms with E-state index >= 15 is 4.79 Å². The number of para-hydroxylation sites is 1. The maximum absolute atomic E-state index is 15.3. The summed E-state index contributed by atoms with van der Waals surface area (Å²) in [5.74, 6) is -4.77. The number of nitrogens with one attached hydrogen (secondary N) is 1. The van der Waals surface area contributed by atoms with Gasteiger partial charge in [0.05, 0.1) is 48.1 Å². The van der Waals surface area contributed by atoms with Crippen molar-refractivity contribution in [1.29, 1.82) is 0 Å². The van der Waals surface area contributed by atoms with Crippen molar-refractivity contribution in [1.82, 2.24) is 9.91 Å². The normalized spacial score (nSPS) is 27.4. The highest BCUT2D eigenvalue weighted by Crippen LogP contribution is 2.65. The molecule has 2 aliphatic carbocycles. The fourth-order valence-corrected chi connectivity index (χ4v) is 9.08. The number of hydrogen-bond donors (Lipinski definition) is 2. The predicted octanol–water partition coefficient (Wildman–Crippen LogP) is 6.11. The molecule has 3 aromatic rings. The van der Waals surface area contributed by atoms with Crippen molar-refractivity contribution in [3.63, 3.8) is 0 Å². The molecule has 6 atom stereocenters. The third-order valence-electron chi connectivity index (χ3n) is 10.7. The lowest BCUT2D eigenvalue weighted by Gasteiger charge is -2.50. The summed E-state index contributed by atoms with van der Waals surface area (Å²) in [6.45, 7) is 2.22. The van der Waals surface area contributed by atoms with Gasteiger partial charge in [0.2, 0.25) is 11.8 Å². The minimum atomic E-state index is -1.59. The molecule has 3 fully saturated rings. The first-order valence-electron chi connectivity index (χ1n) is 16.2. The van der Waals surface area contributed by atoms with Crippen LogP contribution in [0.3, 0.4) is 0 Å². The van der Waals surface area contributed by atoms with Gasteiger partial charge in [-0.1, -0.05) is 66.0 Å². The predicted molar refractivity (Wildman–Crippen MR) is 182 cm³/mol. The van der Waals surface area contributed by atoms with E-state index in [1.165, 1.54) is 25.2 Å². The molecule has 2 N–H and O–H groups in total. The van der Waals surface area contributed by atoms with Crippen LogP contribution >= 0.6 is 23.2 Å². The van der Waals surface area contributed by atoms with E-state index in [9.17, 15) is 19.5 Å². The number of rotatable bonds is 8. The number of nitrogens with zero attached hydrogens (tertiary/aromatic N) is 2. The molecular formula is C37H35Cl2N3O7. The van der Waals surface area contributed by atoms with Crippen LogP contribution in [0.15, 0.2) is 72.3 Å². The summed E-state index contributed by atoms with van der Waals surface area (Å²) in [6, 6.07) is 16.7. The Bertz CT molecular complexity index is 1910. The Hall–Kier alpha value is -4.54. The Morgan fingerprint density at radius 3 is 2.37 bits per heavy atom. The van der Waals surface area contributed by atoms with Crippen LogP contribution in [-0.4, -0.2) is 59.4 Å². The molecule has 2 saturated heterocycles. The zero-order valence-electron chi connectivity index (χ0n) is 27.1. The molecule has 12 heteroatoms. The van der Waals surface area contributed by atoms with Gasteiger partial charge in [0.15, 0.2) is 11.5 Å². The lowest BCUT2D eigenvalue weighted by Crippen LogP contribution is -2.53. The molecule has 7 rings (SSSR count). The Kier molecular flexibility index (Phi) is 8.35. The monoisotopic (exact) mass is 703 g/mol. The third kappa shape index (κ3) is 4.82. The summed E-state index contributed by atoms with van der Waals surface area (Å²) in [6.07, 6.45) is 2.97. The molecule has 2 aliphatic heterocycles. The van der Waals surface area contributed by atoms with Gasteiger partial charge in [-0.2, -0.15) is 5.01 Å². The van der Waals surface area contributed by atoms with Crippen LogP contribution in [0.2, 0.25) is 10.0 Å². The largest absolute Gasteiger partial charge is 0.504 e. The number of halogens is 2. The number of allylic oxidation sites excluding steroid dienone is 2. The number of carbonyl (C=O) groups is 4. The molecule has 0 radical (unpaired) electrons. The number of anilines is 1. The number of benzene rings is 3. The van der Waals surface area contributed by atoms with Gasteiger partial charge in [-0.25, -0.2) is 0 Å². The number of aromatic hydroxyl groups is 1. The van der Waals surface area contributed by atoms with Crippen molar-refractivity contribution in [3.8, 4) is 17.2 Å². The first-order valence-corrected chi connectivity index (χ1v) is 17.0. The van der Waals surface area contributed by atoms with Crippen LogP contribution in [-0.2, 0) is 24.6 Å². The maximum Gasteiger partial charge on any atom is 0.260 e. The van der Waals surface area contributed by atoms with Crippen LogP contribution in [0.4, 0.5) is 5.69 Å². The number of amides is 4. The van der Waals surface area contributed by atoms with Crippen LogP contribution in [0, 0.1) is 23.7 Å². The van der Waals surface area contributed by atoms with Gasteiger partial charge >= 0.3 is 0 Å². The van der Waals surface area contributed by atoms with Crippen molar-refractivity contribution in [2.45, 2.75) is 37.5 Å². The molecule has 0 unspecified atom stereocenters. The van der Waals surface area contributed by atoms with Crippen molar-refractivity contribution >= 4 is 52.5 Å². The molecular weight excluding hydrogens is 669 g/mol. The van der Waals surface area contributed by atoms with Gasteiger partial charge in [-0.05, 0) is 67.1 Å². The van der Waals surface area contributed by atoms with Crippen LogP contribution < -0.4 is 14.9 Å². The second-order valence-electron chi connectivity index (χ2n) is 12.9. The number of hydrogen-bond acceptors (Lipinski definition) is 8. The average Bonchev–Trinajstić information content (AvgIpc) is 3.47. The summed E-state index contributed by atoms with van der Waals surface area (Å²) in [5.41, 5.74) is 3.28. The Balaban J connectivity index is 1.48. The molecule has 3 aromatic carbocycles. The lowest BCUT2D eigenvalue weighted by atomic mass is 9.49. The second kappa shape index (κ2) is 12.4. The molecule has 254 valence electrons. The fourth-order valence-electron chi connectivity index (χ4n) is 8.63. The standard InChI is InChI=1S/C37H35Cl2N3O7/c1-4-16-41-33(44)23-14-13-22-25(30(23)35(41)46)18-26-34(45)42(40-28-15-10-20(38)17-27(28)39)36(47)37(26,19-8-11-21(48-2)12-9-19)31(22)24-6-5-7-29(49-3)32(24)43/h5-13,15,17,23,25-26,30-31,40,43H,4,14,16,18H2,1-3H3/t23-,25+,26-,30-,31+,37+/m0/s1. The van der Waals surface area contributed by atoms with E-state index in [0.717, 1.165) is 10.6 Å². The van der Waals surface area contributed by atoms with Crippen LogP contribution in [0.1, 0.15) is 43.2 Å². The van der Waals surface area contributed by atoms with Gasteiger partial charge in [0.25, 0.3) is 11.8 Å². The Morgan fingerprint density at radius 1 is 0.939 bits per heavy atom. The molecule has 0 spiro atoms. The topological polar surface area (TPSA) is 125 Å². The molecule has 0 aromatic heterocycles. The van der Waals surface area contributed by atoms with Crippen LogP contribution in [0.25, 0.3) is 0 Å². The van der Waals surface area contributed by atoms with Gasteiger partial charge in [-0.15, -0.1) is 0 Å². The number of phenolic OH excluding ortho intramolecular Hbond substituents is 1.